The first-order valence-corrected chi connectivity index (χ1v) is 8.30. The minimum absolute atomic E-state index is 0.00486. The van der Waals surface area contributed by atoms with E-state index >= 15 is 0 Å². The molecule has 0 aliphatic rings. The number of nitrogens with zero attached hydrogens (tertiary/aromatic N) is 1. The summed E-state index contributed by atoms with van der Waals surface area (Å²) in [6.07, 6.45) is -0.00486. The molecule has 23 heavy (non-hydrogen) atoms. The normalized spacial score (nSPS) is 12.7. The summed E-state index contributed by atoms with van der Waals surface area (Å²) in [5.74, 6) is 0. The van der Waals surface area contributed by atoms with E-state index in [4.69, 9.17) is 4.74 Å². The Bertz CT molecular complexity index is 620. The Morgan fingerprint density at radius 2 is 1.48 bits per heavy atom. The van der Waals surface area contributed by atoms with E-state index in [1.54, 1.807) is 0 Å². The van der Waals surface area contributed by atoms with Gasteiger partial charge in [0.05, 0.1) is 6.61 Å². The number of rotatable bonds is 6. The largest absolute Gasteiger partial charge is 0.367 e. The van der Waals surface area contributed by atoms with Gasteiger partial charge in [-0.2, -0.15) is 0 Å². The molecule has 0 bridgehead atoms. The highest BCUT2D eigenvalue weighted by Crippen LogP contribution is 2.34. The molecule has 0 saturated heterocycles. The van der Waals surface area contributed by atoms with Gasteiger partial charge < -0.3 is 9.64 Å². The van der Waals surface area contributed by atoms with Gasteiger partial charge in [0.2, 0.25) is 0 Å². The van der Waals surface area contributed by atoms with E-state index in [-0.39, 0.29) is 6.10 Å². The lowest BCUT2D eigenvalue weighted by Crippen LogP contribution is -2.21. The van der Waals surface area contributed by atoms with Crippen molar-refractivity contribution in [3.05, 3.63) is 69.8 Å². The number of ether oxygens (including phenoxy) is 1. The molecule has 0 saturated carbocycles. The van der Waals surface area contributed by atoms with Crippen LogP contribution in [-0.2, 0) is 4.74 Å². The van der Waals surface area contributed by atoms with Crippen molar-refractivity contribution >= 4 is 0 Å². The van der Waals surface area contributed by atoms with Crippen molar-refractivity contribution < 1.29 is 4.74 Å². The van der Waals surface area contributed by atoms with Gasteiger partial charge in [-0.3, -0.25) is 0 Å². The second-order valence-electron chi connectivity index (χ2n) is 6.64. The molecule has 0 aliphatic heterocycles. The third-order valence-electron chi connectivity index (χ3n) is 4.61. The Morgan fingerprint density at radius 3 is 2.00 bits per heavy atom. The third-order valence-corrected chi connectivity index (χ3v) is 4.61. The van der Waals surface area contributed by atoms with Crippen LogP contribution in [0, 0.1) is 27.7 Å². The number of aryl methyl sites for hydroxylation is 2. The molecule has 0 radical (unpaired) electrons. The molecular formula is C21H29NO. The van der Waals surface area contributed by atoms with Gasteiger partial charge in [-0.1, -0.05) is 36.4 Å². The molecule has 0 spiro atoms. The molecule has 2 aromatic rings. The molecule has 0 aromatic heterocycles. The average Bonchev–Trinajstić information content (AvgIpc) is 2.52. The highest BCUT2D eigenvalue weighted by atomic mass is 16.5. The summed E-state index contributed by atoms with van der Waals surface area (Å²) in [7, 11) is 4.16. The first-order chi connectivity index (χ1) is 10.9. The van der Waals surface area contributed by atoms with Crippen molar-refractivity contribution in [1.29, 1.82) is 0 Å². The molecule has 1 atom stereocenters. The van der Waals surface area contributed by atoms with Crippen LogP contribution in [0.2, 0.25) is 0 Å². The van der Waals surface area contributed by atoms with Crippen molar-refractivity contribution in [1.82, 2.24) is 4.90 Å². The van der Waals surface area contributed by atoms with E-state index in [1.807, 2.05) is 0 Å². The van der Waals surface area contributed by atoms with Gasteiger partial charge in [-0.25, -0.2) is 0 Å². The first kappa shape index (κ1) is 17.7. The topological polar surface area (TPSA) is 12.5 Å². The Morgan fingerprint density at radius 1 is 0.913 bits per heavy atom. The molecule has 2 rings (SSSR count). The minimum atomic E-state index is -0.00486. The number of hydrogen-bond acceptors (Lipinski definition) is 2. The molecule has 2 heteroatoms. The summed E-state index contributed by atoms with van der Waals surface area (Å²) in [5, 5.41) is 0. The Labute approximate surface area is 141 Å². The summed E-state index contributed by atoms with van der Waals surface area (Å²) in [6, 6.07) is 12.8. The van der Waals surface area contributed by atoms with Crippen LogP contribution in [0.15, 0.2) is 36.4 Å². The van der Waals surface area contributed by atoms with Gasteiger partial charge >= 0.3 is 0 Å². The maximum Gasteiger partial charge on any atom is 0.108 e. The summed E-state index contributed by atoms with van der Waals surface area (Å²) < 4.78 is 6.36. The molecule has 0 fully saturated rings. The predicted octanol–water partition coefficient (Wildman–Crippen LogP) is 4.59. The van der Waals surface area contributed by atoms with Crippen molar-refractivity contribution in [3.63, 3.8) is 0 Å². The summed E-state index contributed by atoms with van der Waals surface area (Å²) in [6.45, 7) is 10.4. The van der Waals surface area contributed by atoms with Crippen LogP contribution in [0.1, 0.15) is 39.5 Å². The van der Waals surface area contributed by atoms with E-state index in [0.717, 1.165) is 13.2 Å². The molecule has 0 heterocycles. The van der Waals surface area contributed by atoms with Crippen molar-refractivity contribution in [3.8, 4) is 0 Å². The number of hydrogen-bond donors (Lipinski definition) is 0. The molecule has 0 amide bonds. The lowest BCUT2D eigenvalue weighted by molar-refractivity contribution is 0.0679. The van der Waals surface area contributed by atoms with Crippen LogP contribution in [0.3, 0.4) is 0 Å². The summed E-state index contributed by atoms with van der Waals surface area (Å²) >= 11 is 0. The maximum absolute atomic E-state index is 6.36. The van der Waals surface area contributed by atoms with Crippen molar-refractivity contribution in [2.45, 2.75) is 33.8 Å². The highest BCUT2D eigenvalue weighted by Gasteiger charge is 2.21. The highest BCUT2D eigenvalue weighted by molar-refractivity contribution is 5.48. The van der Waals surface area contributed by atoms with Gasteiger partial charge in [0, 0.05) is 6.54 Å². The van der Waals surface area contributed by atoms with Crippen LogP contribution in [0.5, 0.6) is 0 Å². The van der Waals surface area contributed by atoms with Gasteiger partial charge in [0.1, 0.15) is 6.10 Å². The zero-order chi connectivity index (χ0) is 17.0. The van der Waals surface area contributed by atoms with Gasteiger partial charge in [-0.05, 0) is 75.2 Å². The number of benzene rings is 2. The van der Waals surface area contributed by atoms with Crippen LogP contribution in [-0.4, -0.2) is 32.1 Å². The molecule has 0 unspecified atom stereocenters. The van der Waals surface area contributed by atoms with Crippen LogP contribution in [0.25, 0.3) is 0 Å². The van der Waals surface area contributed by atoms with E-state index in [2.05, 4.69) is 83.1 Å². The molecule has 2 nitrogen and oxygen atoms in total. The van der Waals surface area contributed by atoms with Crippen LogP contribution < -0.4 is 0 Å². The lowest BCUT2D eigenvalue weighted by Gasteiger charge is -2.25. The predicted molar refractivity (Wildman–Crippen MR) is 98.2 cm³/mol. The Hall–Kier alpha value is -1.64. The first-order valence-electron chi connectivity index (χ1n) is 8.30. The average molecular weight is 311 g/mol. The minimum Gasteiger partial charge on any atom is -0.367 e. The van der Waals surface area contributed by atoms with Crippen molar-refractivity contribution in [2.75, 3.05) is 27.2 Å². The zero-order valence-electron chi connectivity index (χ0n) is 15.3. The zero-order valence-corrected chi connectivity index (χ0v) is 15.3. The molecule has 124 valence electrons. The van der Waals surface area contributed by atoms with Gasteiger partial charge in [-0.15, -0.1) is 0 Å². The second-order valence-corrected chi connectivity index (χ2v) is 6.64. The summed E-state index contributed by atoms with van der Waals surface area (Å²) in [5.41, 5.74) is 7.90. The van der Waals surface area contributed by atoms with Gasteiger partial charge in [0.25, 0.3) is 0 Å². The fraction of sp³-hybridized carbons (Fsp3) is 0.429. The standard InChI is InChI=1S/C21H29NO/c1-15-14-16(2)18(4)20(17(15)3)21(23-13-12-22(5)6)19-10-8-7-9-11-19/h7-11,14,21H,12-13H2,1-6H3/t21-/m0/s1. The van der Waals surface area contributed by atoms with E-state index in [0.29, 0.717) is 0 Å². The lowest BCUT2D eigenvalue weighted by atomic mass is 9.88. The summed E-state index contributed by atoms with van der Waals surface area (Å²) in [4.78, 5) is 2.16. The quantitative estimate of drug-likeness (QED) is 0.774. The van der Waals surface area contributed by atoms with Crippen molar-refractivity contribution in [2.24, 2.45) is 0 Å². The molecule has 2 aromatic carbocycles. The van der Waals surface area contributed by atoms with E-state index < -0.39 is 0 Å². The monoisotopic (exact) mass is 311 g/mol. The molecule has 0 N–H and O–H groups in total. The molecular weight excluding hydrogens is 282 g/mol. The van der Waals surface area contributed by atoms with Crippen LogP contribution in [0.4, 0.5) is 0 Å². The number of likely N-dealkylation sites (N-methyl/N-ethyl adjacent to an activating group) is 1. The van der Waals surface area contributed by atoms with Gasteiger partial charge in [0.15, 0.2) is 0 Å². The SMILES string of the molecule is Cc1cc(C)c(C)c([C@@H](OCCN(C)C)c2ccccc2)c1C. The fourth-order valence-corrected chi connectivity index (χ4v) is 2.97. The second kappa shape index (κ2) is 7.76. The van der Waals surface area contributed by atoms with E-state index in [1.165, 1.54) is 33.4 Å². The van der Waals surface area contributed by atoms with Crippen LogP contribution >= 0.6 is 0 Å². The Kier molecular flexibility index (Phi) is 5.97. The van der Waals surface area contributed by atoms with E-state index in [9.17, 15) is 0 Å². The molecule has 0 aliphatic carbocycles. The smallest absolute Gasteiger partial charge is 0.108 e. The Balaban J connectivity index is 2.46. The fourth-order valence-electron chi connectivity index (χ4n) is 2.97. The third kappa shape index (κ3) is 4.21. The maximum atomic E-state index is 6.36.